The molecule has 0 aromatic heterocycles. The summed E-state index contributed by atoms with van der Waals surface area (Å²) in [5.74, 6) is 5.95. The third-order valence-electron chi connectivity index (χ3n) is 4.49. The molecule has 3 rings (SSSR count). The fraction of sp³-hybridized carbons (Fsp3) is 0.273. The fourth-order valence-electron chi connectivity index (χ4n) is 3.15. The van der Waals surface area contributed by atoms with Crippen LogP contribution in [-0.4, -0.2) is 18.7 Å². The molecule has 0 N–H and O–H groups in total. The number of rotatable bonds is 3. The molecule has 0 bridgehead atoms. The number of ketones is 2. The first-order valence-corrected chi connectivity index (χ1v) is 8.45. The van der Waals surface area contributed by atoms with Crippen molar-refractivity contribution in [2.45, 2.75) is 25.2 Å². The summed E-state index contributed by atoms with van der Waals surface area (Å²) in [5, 5.41) is 0. The van der Waals surface area contributed by atoms with Crippen LogP contribution in [0.1, 0.15) is 36.3 Å². The van der Waals surface area contributed by atoms with Gasteiger partial charge in [-0.15, -0.1) is 0 Å². The molecular weight excluding hydrogens is 312 g/mol. The Labute approximate surface area is 148 Å². The number of hydrogen-bond donors (Lipinski definition) is 0. The van der Waals surface area contributed by atoms with Crippen LogP contribution in [0.4, 0.5) is 0 Å². The van der Waals surface area contributed by atoms with Crippen LogP contribution in [0.3, 0.4) is 0 Å². The van der Waals surface area contributed by atoms with Gasteiger partial charge in [0.15, 0.2) is 0 Å². The Bertz CT molecular complexity index is 794. The molecule has 0 radical (unpaired) electrons. The number of methoxy groups -OCH3 is 1. The van der Waals surface area contributed by atoms with Crippen molar-refractivity contribution in [3.8, 4) is 17.6 Å². The van der Waals surface area contributed by atoms with Gasteiger partial charge in [0.1, 0.15) is 17.3 Å². The lowest BCUT2D eigenvalue weighted by Crippen LogP contribution is -2.33. The van der Waals surface area contributed by atoms with Gasteiger partial charge in [0, 0.05) is 18.4 Å². The molecule has 3 heteroatoms. The first-order valence-electron chi connectivity index (χ1n) is 8.45. The van der Waals surface area contributed by atoms with Gasteiger partial charge in [-0.3, -0.25) is 9.59 Å². The topological polar surface area (TPSA) is 43.4 Å². The quantitative estimate of drug-likeness (QED) is 0.635. The Balaban J connectivity index is 1.99. The zero-order chi connectivity index (χ0) is 17.6. The van der Waals surface area contributed by atoms with E-state index in [9.17, 15) is 9.59 Å². The Kier molecular flexibility index (Phi) is 5.30. The molecule has 0 spiro atoms. The molecule has 1 saturated carbocycles. The van der Waals surface area contributed by atoms with Crippen LogP contribution in [0.2, 0.25) is 0 Å². The highest BCUT2D eigenvalue weighted by molar-refractivity contribution is 6.05. The van der Waals surface area contributed by atoms with Crippen LogP contribution in [0, 0.1) is 17.8 Å². The lowest BCUT2D eigenvalue weighted by Gasteiger charge is -2.25. The minimum Gasteiger partial charge on any atom is -0.497 e. The molecule has 1 aliphatic carbocycles. The first-order chi connectivity index (χ1) is 12.2. The Hall–Kier alpha value is -2.86. The monoisotopic (exact) mass is 332 g/mol. The van der Waals surface area contributed by atoms with Crippen LogP contribution in [-0.2, 0) is 9.59 Å². The Morgan fingerprint density at radius 3 is 2.20 bits per heavy atom. The number of carbonyl (C=O) groups is 2. The van der Waals surface area contributed by atoms with Crippen LogP contribution in [0.25, 0.3) is 0 Å². The lowest BCUT2D eigenvalue weighted by atomic mass is 9.75. The summed E-state index contributed by atoms with van der Waals surface area (Å²) in [6.45, 7) is 0. The number of Topliss-reactive ketones (excluding diaryl/α,β-unsaturated/α-hetero) is 2. The van der Waals surface area contributed by atoms with Gasteiger partial charge in [-0.2, -0.15) is 0 Å². The zero-order valence-corrected chi connectivity index (χ0v) is 14.2. The van der Waals surface area contributed by atoms with Crippen LogP contribution in [0.5, 0.6) is 5.75 Å². The van der Waals surface area contributed by atoms with Crippen molar-refractivity contribution < 1.29 is 14.3 Å². The standard InChI is InChI=1S/C22H20O3/c1-25-18-13-11-17(12-14-18)19(15-10-16-6-3-2-4-7-16)22-20(23)8-5-9-21(22)24/h2-4,6-7,11-14,19,22H,5,8-9H2,1H3. The minimum atomic E-state index is -0.668. The van der Waals surface area contributed by atoms with Crippen LogP contribution in [0.15, 0.2) is 54.6 Å². The van der Waals surface area contributed by atoms with E-state index in [-0.39, 0.29) is 11.6 Å². The predicted molar refractivity (Wildman–Crippen MR) is 96.4 cm³/mol. The summed E-state index contributed by atoms with van der Waals surface area (Å²) >= 11 is 0. The van der Waals surface area contributed by atoms with E-state index in [1.54, 1.807) is 7.11 Å². The summed E-state index contributed by atoms with van der Waals surface area (Å²) in [7, 11) is 1.61. The highest BCUT2D eigenvalue weighted by atomic mass is 16.5. The van der Waals surface area contributed by atoms with Crippen molar-refractivity contribution in [1.29, 1.82) is 0 Å². The smallest absolute Gasteiger partial charge is 0.144 e. The molecule has 1 fully saturated rings. The maximum absolute atomic E-state index is 12.4. The zero-order valence-electron chi connectivity index (χ0n) is 14.2. The van der Waals surface area contributed by atoms with E-state index >= 15 is 0 Å². The molecule has 0 saturated heterocycles. The number of ether oxygens (including phenoxy) is 1. The summed E-state index contributed by atoms with van der Waals surface area (Å²) in [5.41, 5.74) is 1.74. The summed E-state index contributed by atoms with van der Waals surface area (Å²) in [6.07, 6.45) is 1.56. The second kappa shape index (κ2) is 7.81. The summed E-state index contributed by atoms with van der Waals surface area (Å²) < 4.78 is 5.20. The second-order valence-electron chi connectivity index (χ2n) is 6.15. The maximum atomic E-state index is 12.4. The molecule has 0 aliphatic heterocycles. The van der Waals surface area contributed by atoms with Crippen molar-refractivity contribution in [2.75, 3.05) is 7.11 Å². The van der Waals surface area contributed by atoms with Crippen molar-refractivity contribution in [3.63, 3.8) is 0 Å². The van der Waals surface area contributed by atoms with E-state index in [2.05, 4.69) is 11.8 Å². The van der Waals surface area contributed by atoms with Crippen molar-refractivity contribution in [2.24, 2.45) is 5.92 Å². The molecule has 2 aromatic carbocycles. The minimum absolute atomic E-state index is 0.000528. The van der Waals surface area contributed by atoms with Gasteiger partial charge >= 0.3 is 0 Å². The van der Waals surface area contributed by atoms with Crippen molar-refractivity contribution in [1.82, 2.24) is 0 Å². The number of benzene rings is 2. The summed E-state index contributed by atoms with van der Waals surface area (Å²) in [4.78, 5) is 24.9. The molecule has 0 heterocycles. The number of hydrogen-bond acceptors (Lipinski definition) is 3. The van der Waals surface area contributed by atoms with Crippen LogP contribution < -0.4 is 4.74 Å². The molecule has 1 unspecified atom stereocenters. The van der Waals surface area contributed by atoms with Gasteiger partial charge < -0.3 is 4.74 Å². The molecule has 3 nitrogen and oxygen atoms in total. The molecular formula is C22H20O3. The van der Waals surface area contributed by atoms with Gasteiger partial charge in [0.2, 0.25) is 0 Å². The second-order valence-corrected chi connectivity index (χ2v) is 6.15. The lowest BCUT2D eigenvalue weighted by molar-refractivity contribution is -0.135. The molecule has 25 heavy (non-hydrogen) atoms. The highest BCUT2D eigenvalue weighted by Gasteiger charge is 2.36. The molecule has 0 amide bonds. The third-order valence-corrected chi connectivity index (χ3v) is 4.49. The normalized spacial score (nSPS) is 16.0. The van der Waals surface area contributed by atoms with Crippen molar-refractivity contribution in [3.05, 3.63) is 65.7 Å². The molecule has 1 aliphatic rings. The van der Waals surface area contributed by atoms with Gasteiger partial charge in [-0.25, -0.2) is 0 Å². The van der Waals surface area contributed by atoms with Gasteiger partial charge in [0.25, 0.3) is 0 Å². The average Bonchev–Trinajstić information content (AvgIpc) is 2.65. The highest BCUT2D eigenvalue weighted by Crippen LogP contribution is 2.32. The summed E-state index contributed by atoms with van der Waals surface area (Å²) in [6, 6.07) is 17.1. The van der Waals surface area contributed by atoms with E-state index in [4.69, 9.17) is 4.74 Å². The van der Waals surface area contributed by atoms with Gasteiger partial charge in [0.05, 0.1) is 18.9 Å². The van der Waals surface area contributed by atoms with E-state index in [0.29, 0.717) is 19.3 Å². The fourth-order valence-corrected chi connectivity index (χ4v) is 3.15. The van der Waals surface area contributed by atoms with E-state index in [0.717, 1.165) is 16.9 Å². The Morgan fingerprint density at radius 2 is 1.60 bits per heavy atom. The van der Waals surface area contributed by atoms with Gasteiger partial charge in [-0.05, 0) is 36.2 Å². The molecule has 1 atom stereocenters. The van der Waals surface area contributed by atoms with E-state index in [1.807, 2.05) is 54.6 Å². The molecule has 2 aromatic rings. The number of carbonyl (C=O) groups excluding carboxylic acids is 2. The first kappa shape index (κ1) is 17.0. The van der Waals surface area contributed by atoms with Crippen LogP contribution >= 0.6 is 0 Å². The van der Waals surface area contributed by atoms with E-state index in [1.165, 1.54) is 0 Å². The molecule has 126 valence electrons. The SMILES string of the molecule is COc1ccc(C(C#Cc2ccccc2)C2C(=O)CCCC2=O)cc1. The maximum Gasteiger partial charge on any atom is 0.144 e. The van der Waals surface area contributed by atoms with Gasteiger partial charge in [-0.1, -0.05) is 42.2 Å². The third kappa shape index (κ3) is 3.97. The van der Waals surface area contributed by atoms with E-state index < -0.39 is 11.8 Å². The largest absolute Gasteiger partial charge is 0.497 e. The van der Waals surface area contributed by atoms with Crippen molar-refractivity contribution >= 4 is 11.6 Å². The average molecular weight is 332 g/mol. The predicted octanol–water partition coefficient (Wildman–Crippen LogP) is 3.77. The Morgan fingerprint density at radius 1 is 0.960 bits per heavy atom.